The second-order valence-corrected chi connectivity index (χ2v) is 27.6. The Morgan fingerprint density at radius 3 is 1.95 bits per heavy atom. The van der Waals surface area contributed by atoms with Gasteiger partial charge in [0, 0.05) is 0 Å². The van der Waals surface area contributed by atoms with Crippen LogP contribution in [-0.4, -0.2) is 4.21 Å². The van der Waals surface area contributed by atoms with Crippen LogP contribution in [0.3, 0.4) is 0 Å². The summed E-state index contributed by atoms with van der Waals surface area (Å²) in [6.07, 6.45) is 6.12. The van der Waals surface area contributed by atoms with Crippen LogP contribution in [0.5, 0.6) is 0 Å². The van der Waals surface area contributed by atoms with E-state index in [0.717, 1.165) is 6.42 Å². The topological polar surface area (TPSA) is 0 Å². The van der Waals surface area contributed by atoms with Crippen LogP contribution < -0.4 is 6.54 Å². The van der Waals surface area contributed by atoms with Gasteiger partial charge in [-0.25, -0.2) is 0 Å². The van der Waals surface area contributed by atoms with Crippen molar-refractivity contribution in [2.75, 3.05) is 0 Å². The predicted molar refractivity (Wildman–Crippen MR) is 176 cm³/mol. The van der Waals surface area contributed by atoms with Gasteiger partial charge in [-0.1, -0.05) is 0 Å². The zero-order valence-corrected chi connectivity index (χ0v) is 29.6. The van der Waals surface area contributed by atoms with E-state index in [0.29, 0.717) is 5.92 Å². The summed E-state index contributed by atoms with van der Waals surface area (Å²) in [7, 11) is 0. The van der Waals surface area contributed by atoms with Crippen LogP contribution in [0.25, 0.3) is 11.1 Å². The third-order valence-electron chi connectivity index (χ3n) is 9.72. The minimum atomic E-state index is -4.29. The fraction of sp³-hybridized carbons (Fsp3) is 0.361. The van der Waals surface area contributed by atoms with Crippen molar-refractivity contribution in [1.29, 1.82) is 0 Å². The number of allylic oxidation sites excluding steroid dienone is 4. The first kappa shape index (κ1) is 32.0. The van der Waals surface area contributed by atoms with Crippen molar-refractivity contribution in [2.45, 2.75) is 73.4 Å². The van der Waals surface area contributed by atoms with Gasteiger partial charge in [0.2, 0.25) is 0 Å². The van der Waals surface area contributed by atoms with Crippen LogP contribution in [0.1, 0.15) is 66.6 Å². The average molecular weight is 641 g/mol. The molecule has 0 bridgehead atoms. The van der Waals surface area contributed by atoms with Gasteiger partial charge in [-0.2, -0.15) is 0 Å². The Morgan fingerprint density at radius 1 is 0.821 bits per heavy atom. The maximum absolute atomic E-state index is 5.51. The Labute approximate surface area is 250 Å². The maximum atomic E-state index is 5.51. The number of fused-ring (bicyclic) bond motifs is 3. The van der Waals surface area contributed by atoms with E-state index < -0.39 is 18.3 Å². The Kier molecular flexibility index (Phi) is 8.52. The van der Waals surface area contributed by atoms with Crippen molar-refractivity contribution < 1.29 is 18.3 Å². The van der Waals surface area contributed by atoms with Gasteiger partial charge in [0.25, 0.3) is 0 Å². The summed E-state index contributed by atoms with van der Waals surface area (Å²) in [4.78, 5) is 0. The van der Waals surface area contributed by atoms with Gasteiger partial charge in [-0.05, 0) is 0 Å². The van der Waals surface area contributed by atoms with E-state index in [-0.39, 0.29) is 30.2 Å². The molecule has 208 valence electrons. The zero-order valence-electron chi connectivity index (χ0n) is 25.5. The second-order valence-electron chi connectivity index (χ2n) is 13.6. The molecule has 2 aliphatic carbocycles. The van der Waals surface area contributed by atoms with Gasteiger partial charge in [0.05, 0.1) is 0 Å². The molecule has 0 aliphatic heterocycles. The van der Waals surface area contributed by atoms with E-state index >= 15 is 0 Å². The molecule has 5 rings (SSSR count). The SMILES string of the molecule is Cl.Cl.[CH2]=[Zr]([CH3])([C]1=CC(C(C)(C)C)=CC1C)([c]1ccc(C)cc1)[c]1c(C)c(C)cc2c1Cc1cc(C)c(C)cc1-2. The molecular formula is C36H46Cl2Zr. The first-order valence-corrected chi connectivity index (χ1v) is 21.8. The Hall–Kier alpha value is -1.53. The molecule has 0 saturated heterocycles. The van der Waals surface area contributed by atoms with Crippen molar-refractivity contribution in [1.82, 2.24) is 0 Å². The molecule has 0 saturated carbocycles. The predicted octanol–water partition coefficient (Wildman–Crippen LogP) is 9.27. The number of halogens is 2. The molecule has 0 amide bonds. The van der Waals surface area contributed by atoms with Gasteiger partial charge >= 0.3 is 227 Å². The van der Waals surface area contributed by atoms with E-state index in [2.05, 4.69) is 122 Å². The van der Waals surface area contributed by atoms with Crippen molar-refractivity contribution >= 4 is 35.6 Å². The summed E-state index contributed by atoms with van der Waals surface area (Å²) in [5.41, 5.74) is 14.4. The fourth-order valence-electron chi connectivity index (χ4n) is 7.22. The Balaban J connectivity index is 0.00000210. The van der Waals surface area contributed by atoms with Gasteiger partial charge in [0.15, 0.2) is 0 Å². The molecule has 0 N–H and O–H groups in total. The van der Waals surface area contributed by atoms with Crippen LogP contribution in [0, 0.1) is 46.0 Å². The monoisotopic (exact) mass is 638 g/mol. The van der Waals surface area contributed by atoms with Gasteiger partial charge in [-0.3, -0.25) is 0 Å². The Morgan fingerprint density at radius 2 is 1.38 bits per heavy atom. The molecule has 3 heteroatoms. The first-order chi connectivity index (χ1) is 17.1. The van der Waals surface area contributed by atoms with Crippen molar-refractivity contribution in [2.24, 2.45) is 11.3 Å². The average Bonchev–Trinajstić information content (AvgIpc) is 3.36. The number of aryl methyl sites for hydroxylation is 4. The minimum absolute atomic E-state index is 0. The fourth-order valence-corrected chi connectivity index (χ4v) is 22.2. The van der Waals surface area contributed by atoms with Gasteiger partial charge < -0.3 is 0 Å². The molecule has 0 heterocycles. The number of benzene rings is 3. The van der Waals surface area contributed by atoms with Crippen molar-refractivity contribution in [3.8, 4) is 11.1 Å². The second kappa shape index (κ2) is 10.4. The standard InChI is InChI=1S/C17H17.C10H15.C7H7.CH3.CH2.2ClH.Zr/c1-10-5-14-9-15-6-11(2)13(4)8-17(15)16(14)7-12(10)3;1-8-5-6-9(7-8)10(2,3)4;1-7-5-3-2-4-6-7;;;;;/h5,7-8H,9H2,1-4H3;6-8H,1-4H3;3-6H,1H3;1H3;1H2;2*1H;. The summed E-state index contributed by atoms with van der Waals surface area (Å²) < 4.78 is 12.8. The van der Waals surface area contributed by atoms with E-state index in [1.54, 1.807) is 12.1 Å². The van der Waals surface area contributed by atoms with Crippen LogP contribution >= 0.6 is 24.8 Å². The number of hydrogen-bond donors (Lipinski definition) is 0. The summed E-state index contributed by atoms with van der Waals surface area (Å²) >= 11 is -4.29. The van der Waals surface area contributed by atoms with Gasteiger partial charge in [0.1, 0.15) is 0 Å². The summed E-state index contributed by atoms with van der Waals surface area (Å²) in [5.74, 6) is 0.396. The number of hydrogen-bond acceptors (Lipinski definition) is 0. The quantitative estimate of drug-likeness (QED) is 0.209. The normalized spacial score (nSPS) is 16.5. The zero-order chi connectivity index (χ0) is 27.1. The molecular weight excluding hydrogens is 595 g/mol. The molecule has 1 atom stereocenters. The third kappa shape index (κ3) is 4.86. The summed E-state index contributed by atoms with van der Waals surface area (Å²) in [6.45, 7) is 20.8. The molecule has 1 unspecified atom stereocenters. The molecule has 3 aromatic carbocycles. The van der Waals surface area contributed by atoms with E-state index in [9.17, 15) is 0 Å². The van der Waals surface area contributed by atoms with Crippen molar-refractivity contribution in [3.63, 3.8) is 0 Å². The molecule has 0 spiro atoms. The van der Waals surface area contributed by atoms with Crippen molar-refractivity contribution in [3.05, 3.63) is 102 Å². The third-order valence-corrected chi connectivity index (χ3v) is 24.7. The molecule has 2 aliphatic rings. The Bertz CT molecular complexity index is 1590. The molecule has 3 aromatic rings. The van der Waals surface area contributed by atoms with Gasteiger partial charge in [-0.15, -0.1) is 24.8 Å². The van der Waals surface area contributed by atoms with E-state index in [1.807, 2.05) is 0 Å². The van der Waals surface area contributed by atoms with Crippen LogP contribution in [0.15, 0.2) is 63.5 Å². The molecule has 0 fully saturated rings. The summed E-state index contributed by atoms with van der Waals surface area (Å²) in [5, 5.41) is 0. The van der Waals surface area contributed by atoms with E-state index in [4.69, 9.17) is 4.21 Å². The molecule has 0 nitrogen and oxygen atoms in total. The molecule has 0 radical (unpaired) electrons. The van der Waals surface area contributed by atoms with Crippen LogP contribution in [0.2, 0.25) is 4.63 Å². The molecule has 39 heavy (non-hydrogen) atoms. The number of rotatable bonds is 3. The molecule has 0 aromatic heterocycles. The van der Waals surface area contributed by atoms with Crippen LogP contribution in [0.4, 0.5) is 0 Å². The van der Waals surface area contributed by atoms with Crippen LogP contribution in [-0.2, 0) is 24.7 Å². The first-order valence-electron chi connectivity index (χ1n) is 13.9. The summed E-state index contributed by atoms with van der Waals surface area (Å²) in [6, 6.07) is 16.8. The van der Waals surface area contributed by atoms with E-state index in [1.165, 1.54) is 53.4 Å².